The monoisotopic (exact) mass is 209 g/mol. The number of alkyl halides is 1. The van der Waals surface area contributed by atoms with Crippen molar-refractivity contribution in [3.8, 4) is 0 Å². The van der Waals surface area contributed by atoms with Crippen molar-refractivity contribution in [3.63, 3.8) is 0 Å². The molecule has 1 aromatic carbocycles. The molecule has 1 aromatic rings. The average Bonchev–Trinajstić information content (AvgIpc) is 2.61. The van der Waals surface area contributed by atoms with E-state index in [1.807, 2.05) is 35.2 Å². The Labute approximate surface area is 89.3 Å². The molecule has 0 spiro atoms. The van der Waals surface area contributed by atoms with Crippen molar-refractivity contribution in [1.82, 2.24) is 4.90 Å². The first-order valence-electron chi connectivity index (χ1n) is 5.34. The van der Waals surface area contributed by atoms with Gasteiger partial charge in [0.05, 0.1) is 12.6 Å². The molecular weight excluding hydrogens is 193 g/mol. The van der Waals surface area contributed by atoms with Crippen molar-refractivity contribution in [1.29, 1.82) is 0 Å². The average molecular weight is 209 g/mol. The number of hydrogen-bond donors (Lipinski definition) is 1. The molecule has 0 bridgehead atoms. The molecule has 0 radical (unpaired) electrons. The standard InChI is InChI=1S/C12H16FNO/c13-11-6-7-14(12(11)9-15)8-10-4-2-1-3-5-10/h1-5,11-12,15H,6-9H2. The Morgan fingerprint density at radius 3 is 2.73 bits per heavy atom. The van der Waals surface area contributed by atoms with Crippen LogP contribution in [0.4, 0.5) is 4.39 Å². The van der Waals surface area contributed by atoms with Gasteiger partial charge in [0.2, 0.25) is 0 Å². The molecule has 2 unspecified atom stereocenters. The molecule has 1 aliphatic heterocycles. The lowest BCUT2D eigenvalue weighted by molar-refractivity contribution is 0.113. The molecular formula is C12H16FNO. The van der Waals surface area contributed by atoms with E-state index in [1.165, 1.54) is 5.56 Å². The van der Waals surface area contributed by atoms with Crippen LogP contribution >= 0.6 is 0 Å². The molecule has 0 aromatic heterocycles. The predicted octanol–water partition coefficient (Wildman–Crippen LogP) is 1.59. The van der Waals surface area contributed by atoms with Crippen LogP contribution in [-0.2, 0) is 6.54 Å². The Bertz CT molecular complexity index is 304. The number of likely N-dealkylation sites (tertiary alicyclic amines) is 1. The molecule has 2 rings (SSSR count). The van der Waals surface area contributed by atoms with Gasteiger partial charge in [0.15, 0.2) is 0 Å². The SMILES string of the molecule is OCC1C(F)CCN1Cc1ccccc1. The Balaban J connectivity index is 2.00. The van der Waals surface area contributed by atoms with E-state index >= 15 is 0 Å². The Morgan fingerprint density at radius 2 is 2.07 bits per heavy atom. The number of halogens is 1. The highest BCUT2D eigenvalue weighted by Crippen LogP contribution is 2.22. The summed E-state index contributed by atoms with van der Waals surface area (Å²) in [4.78, 5) is 2.01. The molecule has 2 nitrogen and oxygen atoms in total. The Hall–Kier alpha value is -0.930. The van der Waals surface area contributed by atoms with Crippen LogP contribution in [0, 0.1) is 0 Å². The summed E-state index contributed by atoms with van der Waals surface area (Å²) < 4.78 is 13.3. The maximum Gasteiger partial charge on any atom is 0.119 e. The maximum absolute atomic E-state index is 13.3. The maximum atomic E-state index is 13.3. The fourth-order valence-electron chi connectivity index (χ4n) is 2.12. The van der Waals surface area contributed by atoms with Crippen LogP contribution in [0.5, 0.6) is 0 Å². The summed E-state index contributed by atoms with van der Waals surface area (Å²) in [5, 5.41) is 9.10. The van der Waals surface area contributed by atoms with Gasteiger partial charge in [0.25, 0.3) is 0 Å². The fraction of sp³-hybridized carbons (Fsp3) is 0.500. The van der Waals surface area contributed by atoms with E-state index in [0.717, 1.165) is 13.1 Å². The van der Waals surface area contributed by atoms with E-state index in [-0.39, 0.29) is 12.6 Å². The molecule has 0 aliphatic carbocycles. The van der Waals surface area contributed by atoms with E-state index in [2.05, 4.69) is 0 Å². The van der Waals surface area contributed by atoms with Crippen molar-refractivity contribution in [2.45, 2.75) is 25.2 Å². The van der Waals surface area contributed by atoms with E-state index in [9.17, 15) is 4.39 Å². The minimum atomic E-state index is -0.876. The van der Waals surface area contributed by atoms with Crippen molar-refractivity contribution >= 4 is 0 Å². The molecule has 2 atom stereocenters. The van der Waals surface area contributed by atoms with Gasteiger partial charge in [-0.15, -0.1) is 0 Å². The highest BCUT2D eigenvalue weighted by atomic mass is 19.1. The summed E-state index contributed by atoms with van der Waals surface area (Å²) in [5.41, 5.74) is 1.17. The lowest BCUT2D eigenvalue weighted by Gasteiger charge is -2.23. The third kappa shape index (κ3) is 2.36. The zero-order valence-corrected chi connectivity index (χ0v) is 8.64. The molecule has 1 aliphatic rings. The minimum absolute atomic E-state index is 0.0893. The second-order valence-electron chi connectivity index (χ2n) is 4.01. The first-order chi connectivity index (χ1) is 7.31. The van der Waals surface area contributed by atoms with E-state index in [1.54, 1.807) is 0 Å². The second-order valence-corrected chi connectivity index (χ2v) is 4.01. The van der Waals surface area contributed by atoms with Crippen molar-refractivity contribution in [2.24, 2.45) is 0 Å². The highest BCUT2D eigenvalue weighted by molar-refractivity contribution is 5.15. The number of aliphatic hydroxyl groups is 1. The summed E-state index contributed by atoms with van der Waals surface area (Å²) >= 11 is 0. The van der Waals surface area contributed by atoms with Crippen LogP contribution < -0.4 is 0 Å². The highest BCUT2D eigenvalue weighted by Gasteiger charge is 2.33. The minimum Gasteiger partial charge on any atom is -0.395 e. The lowest BCUT2D eigenvalue weighted by Crippen LogP contribution is -2.36. The Morgan fingerprint density at radius 1 is 1.33 bits per heavy atom. The number of aliphatic hydroxyl groups excluding tert-OH is 1. The molecule has 1 N–H and O–H groups in total. The van der Waals surface area contributed by atoms with Gasteiger partial charge >= 0.3 is 0 Å². The molecule has 1 fully saturated rings. The van der Waals surface area contributed by atoms with E-state index in [0.29, 0.717) is 6.42 Å². The largest absolute Gasteiger partial charge is 0.395 e. The third-order valence-electron chi connectivity index (χ3n) is 2.99. The summed E-state index contributed by atoms with van der Waals surface area (Å²) in [7, 11) is 0. The summed E-state index contributed by atoms with van der Waals surface area (Å²) in [6.45, 7) is 1.38. The number of hydrogen-bond acceptors (Lipinski definition) is 2. The number of rotatable bonds is 3. The van der Waals surface area contributed by atoms with E-state index < -0.39 is 6.17 Å². The van der Waals surface area contributed by atoms with Gasteiger partial charge in [-0.2, -0.15) is 0 Å². The van der Waals surface area contributed by atoms with Gasteiger partial charge in [0.1, 0.15) is 6.17 Å². The van der Waals surface area contributed by atoms with Gasteiger partial charge in [-0.3, -0.25) is 4.90 Å². The van der Waals surface area contributed by atoms with Crippen molar-refractivity contribution < 1.29 is 9.50 Å². The predicted molar refractivity (Wildman–Crippen MR) is 57.2 cm³/mol. The number of nitrogens with zero attached hydrogens (tertiary/aromatic N) is 1. The van der Waals surface area contributed by atoms with Crippen LogP contribution in [0.1, 0.15) is 12.0 Å². The molecule has 82 valence electrons. The third-order valence-corrected chi connectivity index (χ3v) is 2.99. The molecule has 3 heteroatoms. The van der Waals surface area contributed by atoms with Crippen molar-refractivity contribution in [3.05, 3.63) is 35.9 Å². The second kappa shape index (κ2) is 4.73. The smallest absolute Gasteiger partial charge is 0.119 e. The fourth-order valence-corrected chi connectivity index (χ4v) is 2.12. The zero-order valence-electron chi connectivity index (χ0n) is 8.64. The van der Waals surface area contributed by atoms with Gasteiger partial charge < -0.3 is 5.11 Å². The first kappa shape index (κ1) is 10.6. The van der Waals surface area contributed by atoms with Gasteiger partial charge in [-0.05, 0) is 12.0 Å². The summed E-state index contributed by atoms with van der Waals surface area (Å²) in [6, 6.07) is 9.67. The van der Waals surface area contributed by atoms with Crippen LogP contribution in [0.3, 0.4) is 0 Å². The molecule has 0 saturated carbocycles. The van der Waals surface area contributed by atoms with Crippen LogP contribution in [0.25, 0.3) is 0 Å². The first-order valence-corrected chi connectivity index (χ1v) is 5.34. The van der Waals surface area contributed by atoms with Crippen LogP contribution in [-0.4, -0.2) is 35.4 Å². The van der Waals surface area contributed by atoms with Gasteiger partial charge in [-0.25, -0.2) is 4.39 Å². The van der Waals surface area contributed by atoms with E-state index in [4.69, 9.17) is 5.11 Å². The molecule has 15 heavy (non-hydrogen) atoms. The van der Waals surface area contributed by atoms with Crippen molar-refractivity contribution in [2.75, 3.05) is 13.2 Å². The van der Waals surface area contributed by atoms with Gasteiger partial charge in [-0.1, -0.05) is 30.3 Å². The number of benzene rings is 1. The topological polar surface area (TPSA) is 23.5 Å². The summed E-state index contributed by atoms with van der Waals surface area (Å²) in [6.07, 6.45) is -0.336. The quantitative estimate of drug-likeness (QED) is 0.817. The molecule has 1 heterocycles. The normalized spacial score (nSPS) is 27.1. The summed E-state index contributed by atoms with van der Waals surface area (Å²) in [5.74, 6) is 0. The Kier molecular flexibility index (Phi) is 3.34. The van der Waals surface area contributed by atoms with Crippen LogP contribution in [0.2, 0.25) is 0 Å². The molecule has 1 saturated heterocycles. The molecule has 0 amide bonds. The van der Waals surface area contributed by atoms with Crippen LogP contribution in [0.15, 0.2) is 30.3 Å². The zero-order chi connectivity index (χ0) is 10.7. The van der Waals surface area contributed by atoms with Gasteiger partial charge in [0, 0.05) is 13.1 Å². The lowest BCUT2D eigenvalue weighted by atomic mass is 10.2.